The Morgan fingerprint density at radius 2 is 2.00 bits per heavy atom. The maximum atomic E-state index is 13.6. The van der Waals surface area contributed by atoms with Gasteiger partial charge < -0.3 is 19.2 Å². The van der Waals surface area contributed by atoms with E-state index in [1.54, 1.807) is 6.07 Å². The Kier molecular flexibility index (Phi) is 4.01. The van der Waals surface area contributed by atoms with Gasteiger partial charge in [0.25, 0.3) is 0 Å². The molecule has 2 aliphatic heterocycles. The molecule has 1 aliphatic carbocycles. The number of carbonyl (C=O) groups excluding carboxylic acids is 1. The maximum absolute atomic E-state index is 13.6. The predicted molar refractivity (Wildman–Crippen MR) is 110 cm³/mol. The topological polar surface area (TPSA) is 54.6 Å². The van der Waals surface area contributed by atoms with Crippen LogP contribution in [-0.2, 0) is 20.5 Å². The molecule has 2 saturated heterocycles. The molecular weight excluding hydrogens is 370 g/mol. The molecule has 3 fully saturated rings. The van der Waals surface area contributed by atoms with E-state index in [0.717, 1.165) is 42.4 Å². The molecule has 2 atom stereocenters. The number of nitrogens with zero attached hydrogens (tertiary/aromatic N) is 1. The molecule has 29 heavy (non-hydrogen) atoms. The average Bonchev–Trinajstić information content (AvgIpc) is 3.20. The summed E-state index contributed by atoms with van der Waals surface area (Å²) in [5.41, 5.74) is 1.06. The summed E-state index contributed by atoms with van der Waals surface area (Å²) in [6.45, 7) is 9.82. The maximum Gasteiger partial charge on any atom is 0.464 e. The van der Waals surface area contributed by atoms with E-state index in [1.165, 1.54) is 12.1 Å². The second-order valence-corrected chi connectivity index (χ2v) is 9.99. The van der Waals surface area contributed by atoms with Gasteiger partial charge in [-0.2, -0.15) is 0 Å². The minimum absolute atomic E-state index is 0.0474. The second kappa shape index (κ2) is 6.08. The Morgan fingerprint density at radius 1 is 1.28 bits per heavy atom. The van der Waals surface area contributed by atoms with E-state index in [2.05, 4.69) is 32.7 Å². The zero-order valence-electron chi connectivity index (χ0n) is 17.5. The van der Waals surface area contributed by atoms with Crippen molar-refractivity contribution in [2.45, 2.75) is 63.5 Å². The van der Waals surface area contributed by atoms with Crippen LogP contribution in [0.3, 0.4) is 0 Å². The number of aromatic amines is 1. The molecule has 5 nitrogen and oxygen atoms in total. The summed E-state index contributed by atoms with van der Waals surface area (Å²) >= 11 is 0. The minimum Gasteiger partial charge on any atom is -0.403 e. The van der Waals surface area contributed by atoms with Crippen molar-refractivity contribution in [3.63, 3.8) is 0 Å². The summed E-state index contributed by atoms with van der Waals surface area (Å²) in [5.74, 6) is 0.244. The van der Waals surface area contributed by atoms with Gasteiger partial charge in [0.1, 0.15) is 5.82 Å². The monoisotopic (exact) mass is 398 g/mol. The van der Waals surface area contributed by atoms with Gasteiger partial charge in [0.2, 0.25) is 5.91 Å². The quantitative estimate of drug-likeness (QED) is 0.798. The molecule has 1 aromatic carbocycles. The minimum atomic E-state index is -0.322. The standard InChI is InChI=1S/C22H28BFN2O3/c1-20(2)21(3,4)29-23(28-20)22-7-8-26(13-15(22)11-22)19(27)9-14-12-25-18-6-5-16(24)10-17(14)18/h5-6,10,12,15,25H,7-9,11,13H2,1-4H3. The molecule has 0 radical (unpaired) electrons. The van der Waals surface area contributed by atoms with Crippen LogP contribution in [0.4, 0.5) is 4.39 Å². The fourth-order valence-corrected chi connectivity index (χ4v) is 4.94. The zero-order valence-corrected chi connectivity index (χ0v) is 17.5. The lowest BCUT2D eigenvalue weighted by Gasteiger charge is -2.32. The number of hydrogen-bond acceptors (Lipinski definition) is 3. The van der Waals surface area contributed by atoms with E-state index in [4.69, 9.17) is 9.31 Å². The van der Waals surface area contributed by atoms with Crippen LogP contribution in [0, 0.1) is 11.7 Å². The van der Waals surface area contributed by atoms with Crippen molar-refractivity contribution in [1.82, 2.24) is 9.88 Å². The van der Waals surface area contributed by atoms with Crippen molar-refractivity contribution in [3.8, 4) is 0 Å². The summed E-state index contributed by atoms with van der Waals surface area (Å²) in [4.78, 5) is 18.0. The highest BCUT2D eigenvalue weighted by Crippen LogP contribution is 2.69. The van der Waals surface area contributed by atoms with Crippen LogP contribution in [0.2, 0.25) is 5.31 Å². The van der Waals surface area contributed by atoms with Gasteiger partial charge in [-0.1, -0.05) is 0 Å². The van der Waals surface area contributed by atoms with Crippen molar-refractivity contribution >= 4 is 23.9 Å². The van der Waals surface area contributed by atoms with Crippen molar-refractivity contribution in [2.24, 2.45) is 5.92 Å². The Hall–Kier alpha value is -1.86. The van der Waals surface area contributed by atoms with Gasteiger partial charge in [0, 0.05) is 35.5 Å². The third-order valence-corrected chi connectivity index (χ3v) is 7.71. The molecule has 2 aromatic rings. The molecule has 0 spiro atoms. The zero-order chi connectivity index (χ0) is 20.6. The van der Waals surface area contributed by atoms with Gasteiger partial charge in [-0.15, -0.1) is 0 Å². The summed E-state index contributed by atoms with van der Waals surface area (Å²) in [5, 5.41) is 0.833. The number of halogens is 1. The molecular formula is C22H28BFN2O3. The molecule has 2 unspecified atom stereocenters. The lowest BCUT2D eigenvalue weighted by atomic mass is 9.63. The Labute approximate surface area is 171 Å². The first-order chi connectivity index (χ1) is 13.6. The molecule has 3 heterocycles. The summed E-state index contributed by atoms with van der Waals surface area (Å²) in [6.07, 6.45) is 4.06. The number of hydrogen-bond donors (Lipinski definition) is 1. The first-order valence-electron chi connectivity index (χ1n) is 10.5. The van der Waals surface area contributed by atoms with E-state index < -0.39 is 0 Å². The van der Waals surface area contributed by atoms with Gasteiger partial charge >= 0.3 is 7.12 Å². The highest BCUT2D eigenvalue weighted by atomic mass is 19.1. The first-order valence-corrected chi connectivity index (χ1v) is 10.5. The van der Waals surface area contributed by atoms with Crippen LogP contribution in [-0.4, -0.2) is 47.2 Å². The Morgan fingerprint density at radius 3 is 2.69 bits per heavy atom. The Bertz CT molecular complexity index is 972. The number of carbonyl (C=O) groups is 1. The number of piperidine rings is 1. The van der Waals surface area contributed by atoms with Gasteiger partial charge in [-0.3, -0.25) is 4.79 Å². The fourth-order valence-electron chi connectivity index (χ4n) is 4.94. The number of fused-ring (bicyclic) bond motifs is 2. The molecule has 0 bridgehead atoms. The highest BCUT2D eigenvalue weighted by molar-refractivity contribution is 6.51. The fraction of sp³-hybridized carbons (Fsp3) is 0.591. The van der Waals surface area contributed by atoms with Crippen molar-refractivity contribution < 1.29 is 18.5 Å². The van der Waals surface area contributed by atoms with Crippen LogP contribution in [0.1, 0.15) is 46.1 Å². The van der Waals surface area contributed by atoms with Crippen LogP contribution in [0.25, 0.3) is 10.9 Å². The normalized spacial score (nSPS) is 29.9. The van der Waals surface area contributed by atoms with E-state index >= 15 is 0 Å². The molecule has 1 amide bonds. The molecule has 7 heteroatoms. The first kappa shape index (κ1) is 19.1. The van der Waals surface area contributed by atoms with Crippen molar-refractivity contribution in [2.75, 3.05) is 13.1 Å². The molecule has 154 valence electrons. The van der Waals surface area contributed by atoms with Crippen LogP contribution >= 0.6 is 0 Å². The van der Waals surface area contributed by atoms with Gasteiger partial charge in [-0.05, 0) is 70.2 Å². The largest absolute Gasteiger partial charge is 0.464 e. The van der Waals surface area contributed by atoms with Gasteiger partial charge in [0.15, 0.2) is 0 Å². The molecule has 1 aromatic heterocycles. The lowest BCUT2D eigenvalue weighted by molar-refractivity contribution is -0.131. The van der Waals surface area contributed by atoms with Crippen LogP contribution in [0.5, 0.6) is 0 Å². The van der Waals surface area contributed by atoms with Crippen molar-refractivity contribution in [3.05, 3.63) is 35.8 Å². The second-order valence-electron chi connectivity index (χ2n) is 9.99. The van der Waals surface area contributed by atoms with Gasteiger partial charge in [-0.25, -0.2) is 4.39 Å². The molecule has 1 saturated carbocycles. The average molecular weight is 398 g/mol. The Balaban J connectivity index is 1.25. The van der Waals surface area contributed by atoms with E-state index in [-0.39, 0.29) is 35.4 Å². The number of nitrogens with one attached hydrogen (secondary N) is 1. The van der Waals surface area contributed by atoms with Crippen LogP contribution in [0.15, 0.2) is 24.4 Å². The number of likely N-dealkylation sites (tertiary alicyclic amines) is 1. The number of H-pyrrole nitrogens is 1. The number of benzene rings is 1. The molecule has 3 aliphatic rings. The third-order valence-electron chi connectivity index (χ3n) is 7.71. The number of rotatable bonds is 3. The van der Waals surface area contributed by atoms with E-state index in [0.29, 0.717) is 12.3 Å². The van der Waals surface area contributed by atoms with Crippen molar-refractivity contribution in [1.29, 1.82) is 0 Å². The van der Waals surface area contributed by atoms with E-state index in [1.807, 2.05) is 11.1 Å². The predicted octanol–water partition coefficient (Wildman–Crippen LogP) is 3.93. The summed E-state index contributed by atoms with van der Waals surface area (Å²) in [7, 11) is -0.189. The summed E-state index contributed by atoms with van der Waals surface area (Å²) < 4.78 is 26.3. The molecule has 1 N–H and O–H groups in total. The third kappa shape index (κ3) is 2.93. The van der Waals surface area contributed by atoms with Crippen LogP contribution < -0.4 is 0 Å². The summed E-state index contributed by atoms with van der Waals surface area (Å²) in [6, 6.07) is 4.63. The molecule has 5 rings (SSSR count). The van der Waals surface area contributed by atoms with E-state index in [9.17, 15) is 9.18 Å². The highest BCUT2D eigenvalue weighted by Gasteiger charge is 2.70. The SMILES string of the molecule is CC1(C)OB(C23CCN(C(=O)Cc4c[nH]c5ccc(F)cc45)CC2C3)OC1(C)C. The lowest BCUT2D eigenvalue weighted by Crippen LogP contribution is -2.42. The smallest absolute Gasteiger partial charge is 0.403 e. The van der Waals surface area contributed by atoms with Gasteiger partial charge in [0.05, 0.1) is 17.6 Å². The number of amides is 1. The number of aromatic nitrogens is 1.